The number of nitrogens with one attached hydrogen (secondary N) is 1. The van der Waals surface area contributed by atoms with Crippen LogP contribution in [0.3, 0.4) is 0 Å². The van der Waals surface area contributed by atoms with E-state index in [1.807, 2.05) is 30.3 Å². The van der Waals surface area contributed by atoms with Gasteiger partial charge in [-0.1, -0.05) is 30.3 Å². The second kappa shape index (κ2) is 5.76. The van der Waals surface area contributed by atoms with Crippen molar-refractivity contribution in [2.75, 3.05) is 0 Å². The molecule has 3 N–H and O–H groups in total. The second-order valence-electron chi connectivity index (χ2n) is 2.27. The molecule has 1 rings (SSSR count). The van der Waals surface area contributed by atoms with Gasteiger partial charge in [0, 0.05) is 26.8 Å². The van der Waals surface area contributed by atoms with E-state index in [2.05, 4.69) is 5.10 Å². The summed E-state index contributed by atoms with van der Waals surface area (Å²) in [7, 11) is 0. The van der Waals surface area contributed by atoms with Gasteiger partial charge in [0.1, 0.15) is 0 Å². The summed E-state index contributed by atoms with van der Waals surface area (Å²) >= 11 is 0. The van der Waals surface area contributed by atoms with Crippen molar-refractivity contribution in [3.05, 3.63) is 41.7 Å². The number of hydrogen-bond acceptors (Lipinski definition) is 1. The van der Waals surface area contributed by atoms with Crippen LogP contribution in [0.25, 0.3) is 5.84 Å². The summed E-state index contributed by atoms with van der Waals surface area (Å²) < 4.78 is 0. The summed E-state index contributed by atoms with van der Waals surface area (Å²) in [6.07, 6.45) is 0.560. The molecule has 0 saturated carbocycles. The Morgan fingerprint density at radius 3 is 2.42 bits per heavy atom. The van der Waals surface area contributed by atoms with Crippen LogP contribution in [0, 0.1) is 0 Å². The number of benzene rings is 1. The predicted octanol–water partition coefficient (Wildman–Crippen LogP) is 1.55. The fourth-order valence-corrected chi connectivity index (χ4v) is 0.845. The Balaban J connectivity index is 0.00000121. The molecule has 12 heavy (non-hydrogen) atoms. The third-order valence-electron chi connectivity index (χ3n) is 1.37. The monoisotopic (exact) mass is 254 g/mol. The van der Waals surface area contributed by atoms with Crippen molar-refractivity contribution in [3.8, 4) is 0 Å². The van der Waals surface area contributed by atoms with Gasteiger partial charge < -0.3 is 16.7 Å². The van der Waals surface area contributed by atoms with Crippen molar-refractivity contribution in [1.82, 2.24) is 0 Å². The van der Waals surface area contributed by atoms with Crippen LogP contribution in [-0.2, 0) is 26.8 Å². The molecule has 1 aromatic carbocycles. The predicted molar refractivity (Wildman–Crippen MR) is 46.1 cm³/mol. The van der Waals surface area contributed by atoms with Gasteiger partial charge in [-0.15, -0.1) is 0 Å². The van der Waals surface area contributed by atoms with E-state index in [4.69, 9.17) is 11.6 Å². The van der Waals surface area contributed by atoms with Gasteiger partial charge in [-0.25, -0.2) is 0 Å². The average molecular weight is 255 g/mol. The third kappa shape index (κ3) is 3.52. The summed E-state index contributed by atoms with van der Waals surface area (Å²) in [5, 5.41) is 3.13. The maximum atomic E-state index is 6.62. The zero-order valence-electron chi connectivity index (χ0n) is 6.43. The van der Waals surface area contributed by atoms with Crippen LogP contribution >= 0.6 is 0 Å². The number of nitrogens with zero attached hydrogens (tertiary/aromatic N) is 1. The van der Waals surface area contributed by atoms with Crippen molar-refractivity contribution in [1.29, 1.82) is 0 Å². The Hall–Kier alpha value is -0.848. The van der Waals surface area contributed by atoms with Crippen LogP contribution in [0.1, 0.15) is 5.56 Å². The molecule has 4 heteroatoms. The molecule has 0 atom stereocenters. The van der Waals surface area contributed by atoms with E-state index in [0.717, 1.165) is 5.56 Å². The SMILES string of the molecule is [NH-]/N=C(\N)Cc1ccccc1.[Pd]. The standard InChI is InChI=1S/C8H10N3.Pd/c9-8(11-10)6-7-4-2-1-3-5-7;/h1-5,10H,6H2,(H2,9,11);/q-1;. The van der Waals surface area contributed by atoms with Crippen molar-refractivity contribution < 1.29 is 20.4 Å². The first kappa shape index (κ1) is 11.2. The van der Waals surface area contributed by atoms with Gasteiger partial charge in [0.2, 0.25) is 0 Å². The first-order chi connectivity index (χ1) is 5.33. The molecule has 0 radical (unpaired) electrons. The molecule has 3 nitrogen and oxygen atoms in total. The molecule has 0 aliphatic rings. The average Bonchev–Trinajstić information content (AvgIpc) is 2.06. The van der Waals surface area contributed by atoms with Gasteiger partial charge in [0.15, 0.2) is 0 Å². The van der Waals surface area contributed by atoms with Gasteiger partial charge in [-0.3, -0.25) is 0 Å². The molecule has 68 valence electrons. The molecule has 0 amide bonds. The Morgan fingerprint density at radius 2 is 1.92 bits per heavy atom. The maximum absolute atomic E-state index is 6.62. The van der Waals surface area contributed by atoms with Crippen LogP contribution in [-0.4, -0.2) is 5.84 Å². The van der Waals surface area contributed by atoms with Crippen LogP contribution < -0.4 is 5.73 Å². The van der Waals surface area contributed by atoms with Gasteiger partial charge in [0.05, 0.1) is 5.84 Å². The second-order valence-corrected chi connectivity index (χ2v) is 2.27. The summed E-state index contributed by atoms with van der Waals surface area (Å²) in [5.41, 5.74) is 6.45. The van der Waals surface area contributed by atoms with Crippen molar-refractivity contribution >= 4 is 5.84 Å². The van der Waals surface area contributed by atoms with Crippen LogP contribution in [0.15, 0.2) is 35.4 Å². The van der Waals surface area contributed by atoms with Crippen LogP contribution in [0.2, 0.25) is 0 Å². The Bertz CT molecular complexity index is 246. The fourth-order valence-electron chi connectivity index (χ4n) is 0.845. The minimum absolute atomic E-state index is 0. The molecule has 0 fully saturated rings. The molecule has 0 saturated heterocycles. The van der Waals surface area contributed by atoms with E-state index < -0.39 is 0 Å². The molecule has 1 aromatic rings. The molecule has 0 unspecified atom stereocenters. The Morgan fingerprint density at radius 1 is 1.33 bits per heavy atom. The maximum Gasteiger partial charge on any atom is 0.0830 e. The van der Waals surface area contributed by atoms with E-state index in [0.29, 0.717) is 12.3 Å². The number of amidine groups is 1. The van der Waals surface area contributed by atoms with Crippen molar-refractivity contribution in [2.45, 2.75) is 6.42 Å². The topological polar surface area (TPSA) is 62.2 Å². The van der Waals surface area contributed by atoms with Crippen LogP contribution in [0.5, 0.6) is 0 Å². The molecular weight excluding hydrogens is 245 g/mol. The minimum Gasteiger partial charge on any atom is -0.615 e. The van der Waals surface area contributed by atoms with E-state index in [-0.39, 0.29) is 20.4 Å². The number of rotatable bonds is 2. The van der Waals surface area contributed by atoms with Gasteiger partial charge in [-0.05, 0) is 5.56 Å². The molecule has 0 aromatic heterocycles. The molecule has 0 bridgehead atoms. The molecule has 0 aliphatic carbocycles. The first-order valence-corrected chi connectivity index (χ1v) is 3.35. The number of hydrogen-bond donors (Lipinski definition) is 1. The number of nitrogens with two attached hydrogens (primary N) is 1. The fraction of sp³-hybridized carbons (Fsp3) is 0.125. The zero-order valence-corrected chi connectivity index (χ0v) is 7.99. The van der Waals surface area contributed by atoms with Gasteiger partial charge in [0.25, 0.3) is 0 Å². The largest absolute Gasteiger partial charge is 0.615 e. The third-order valence-corrected chi connectivity index (χ3v) is 1.37. The summed E-state index contributed by atoms with van der Waals surface area (Å²) in [6.45, 7) is 0. The van der Waals surface area contributed by atoms with Crippen molar-refractivity contribution in [2.24, 2.45) is 10.8 Å². The van der Waals surface area contributed by atoms with Crippen LogP contribution in [0.4, 0.5) is 0 Å². The molecular formula is C8H10N3Pd-. The Kier molecular flexibility index (Phi) is 5.35. The van der Waals surface area contributed by atoms with Gasteiger partial charge in [-0.2, -0.15) is 0 Å². The Labute approximate surface area is 85.5 Å². The smallest absolute Gasteiger partial charge is 0.0830 e. The quantitative estimate of drug-likeness (QED) is 0.370. The van der Waals surface area contributed by atoms with Crippen molar-refractivity contribution in [3.63, 3.8) is 0 Å². The molecule has 0 heterocycles. The molecule has 0 spiro atoms. The summed E-state index contributed by atoms with van der Waals surface area (Å²) in [6, 6.07) is 9.73. The summed E-state index contributed by atoms with van der Waals surface area (Å²) in [4.78, 5) is 0. The normalized spacial score (nSPS) is 10.5. The first-order valence-electron chi connectivity index (χ1n) is 3.35. The van der Waals surface area contributed by atoms with E-state index >= 15 is 0 Å². The minimum atomic E-state index is 0. The van der Waals surface area contributed by atoms with Gasteiger partial charge >= 0.3 is 0 Å². The van der Waals surface area contributed by atoms with E-state index in [1.165, 1.54) is 0 Å². The zero-order chi connectivity index (χ0) is 8.10. The van der Waals surface area contributed by atoms with E-state index in [9.17, 15) is 0 Å². The summed E-state index contributed by atoms with van der Waals surface area (Å²) in [5.74, 6) is 6.96. The van der Waals surface area contributed by atoms with E-state index in [1.54, 1.807) is 0 Å². The molecule has 0 aliphatic heterocycles.